The third-order valence-corrected chi connectivity index (χ3v) is 6.75. The van der Waals surface area contributed by atoms with Gasteiger partial charge in [0.25, 0.3) is 0 Å². The van der Waals surface area contributed by atoms with Gasteiger partial charge < -0.3 is 20.1 Å². The van der Waals surface area contributed by atoms with Crippen molar-refractivity contribution in [2.24, 2.45) is 0 Å². The molecule has 3 aliphatic heterocycles. The Morgan fingerprint density at radius 3 is 2.83 bits per heavy atom. The molecule has 3 aliphatic rings. The Morgan fingerprint density at radius 2 is 2.10 bits per heavy atom. The average Bonchev–Trinajstić information content (AvgIpc) is 3.41. The summed E-state index contributed by atoms with van der Waals surface area (Å²) >= 11 is 0. The number of piperidine rings is 1. The van der Waals surface area contributed by atoms with E-state index in [4.69, 9.17) is 4.74 Å². The molecule has 0 radical (unpaired) electrons. The monoisotopic (exact) mass is 398 g/mol. The zero-order chi connectivity index (χ0) is 20.0. The van der Waals surface area contributed by atoms with Gasteiger partial charge in [-0.15, -0.1) is 0 Å². The molecule has 2 bridgehead atoms. The minimum atomic E-state index is -0.906. The summed E-state index contributed by atoms with van der Waals surface area (Å²) < 4.78 is 20.3. The lowest BCUT2D eigenvalue weighted by Gasteiger charge is -2.38. The summed E-state index contributed by atoms with van der Waals surface area (Å²) in [6, 6.07) is 5.87. The van der Waals surface area contributed by atoms with Crippen LogP contribution in [0.5, 0.6) is 5.75 Å². The molecule has 5 rings (SSSR count). The number of phenols is 1. The summed E-state index contributed by atoms with van der Waals surface area (Å²) in [7, 11) is 1.89. The van der Waals surface area contributed by atoms with Crippen molar-refractivity contribution < 1.29 is 14.2 Å². The zero-order valence-electron chi connectivity index (χ0n) is 16.6. The molecule has 0 aliphatic carbocycles. The van der Waals surface area contributed by atoms with Gasteiger partial charge in [-0.2, -0.15) is 0 Å². The van der Waals surface area contributed by atoms with Crippen molar-refractivity contribution in [3.63, 3.8) is 0 Å². The molecular formula is C22H27FN4O2. The van der Waals surface area contributed by atoms with Crippen LogP contribution in [0, 0.1) is 0 Å². The highest BCUT2D eigenvalue weighted by molar-refractivity contribution is 5.67. The van der Waals surface area contributed by atoms with Crippen molar-refractivity contribution >= 4 is 5.82 Å². The number of hydrogen-bond donors (Lipinski definition) is 2. The van der Waals surface area contributed by atoms with E-state index in [1.54, 1.807) is 18.5 Å². The average molecular weight is 398 g/mol. The second kappa shape index (κ2) is 7.54. The number of ether oxygens (including phenoxy) is 1. The molecule has 3 saturated heterocycles. The lowest BCUT2D eigenvalue weighted by molar-refractivity contribution is 0.176. The Hall–Kier alpha value is -2.25. The molecule has 3 fully saturated rings. The Balaban J connectivity index is 1.33. The molecule has 0 amide bonds. The molecule has 1 aromatic heterocycles. The number of hydrogen-bond acceptors (Lipinski definition) is 6. The first kappa shape index (κ1) is 18.8. The normalized spacial score (nSPS) is 31.2. The SMILES string of the molecule is CN(c1cnc(-c2ccc([C@H]3CCOC3)cc2O)cn1)[C@H]1C[C@@H]2CCC(N2)[C@H]1F. The van der Waals surface area contributed by atoms with Crippen molar-refractivity contribution in [2.45, 2.75) is 55.9 Å². The fourth-order valence-electron chi connectivity index (χ4n) is 4.98. The maximum atomic E-state index is 14.8. The number of aromatic hydroxyl groups is 1. The minimum absolute atomic E-state index is 0.0471. The molecule has 1 aromatic carbocycles. The van der Waals surface area contributed by atoms with Gasteiger partial charge in [-0.3, -0.25) is 4.98 Å². The second-order valence-electron chi connectivity index (χ2n) is 8.50. The number of rotatable bonds is 4. The van der Waals surface area contributed by atoms with Crippen LogP contribution in [0.4, 0.5) is 10.2 Å². The van der Waals surface area contributed by atoms with Crippen LogP contribution < -0.4 is 10.2 Å². The quantitative estimate of drug-likeness (QED) is 0.825. The van der Waals surface area contributed by atoms with Gasteiger partial charge in [0.15, 0.2) is 0 Å². The topological polar surface area (TPSA) is 70.5 Å². The lowest BCUT2D eigenvalue weighted by atomic mass is 9.96. The van der Waals surface area contributed by atoms with Crippen LogP contribution in [0.25, 0.3) is 11.3 Å². The molecular weight excluding hydrogens is 371 g/mol. The lowest BCUT2D eigenvalue weighted by Crippen LogP contribution is -2.55. The van der Waals surface area contributed by atoms with Gasteiger partial charge in [0.05, 0.1) is 30.7 Å². The van der Waals surface area contributed by atoms with Gasteiger partial charge in [-0.1, -0.05) is 6.07 Å². The number of anilines is 1. The van der Waals surface area contributed by atoms with Crippen LogP contribution in [-0.2, 0) is 4.74 Å². The predicted molar refractivity (Wildman–Crippen MR) is 109 cm³/mol. The van der Waals surface area contributed by atoms with E-state index in [0.29, 0.717) is 35.6 Å². The van der Waals surface area contributed by atoms with E-state index in [9.17, 15) is 9.50 Å². The summed E-state index contributed by atoms with van der Waals surface area (Å²) in [5.41, 5.74) is 2.34. The van der Waals surface area contributed by atoms with E-state index < -0.39 is 6.17 Å². The van der Waals surface area contributed by atoms with Gasteiger partial charge in [0, 0.05) is 37.2 Å². The van der Waals surface area contributed by atoms with Crippen LogP contribution in [-0.4, -0.2) is 59.6 Å². The number of benzene rings is 1. The first-order valence-electron chi connectivity index (χ1n) is 10.5. The number of halogens is 1. The number of fused-ring (bicyclic) bond motifs is 2. The first-order chi connectivity index (χ1) is 14.1. The number of aromatic nitrogens is 2. The van der Waals surface area contributed by atoms with Gasteiger partial charge in [-0.05, 0) is 43.4 Å². The molecule has 2 N–H and O–H groups in total. The Kier molecular flexibility index (Phi) is 4.87. The molecule has 4 heterocycles. The van der Waals surface area contributed by atoms with Crippen LogP contribution in [0.3, 0.4) is 0 Å². The third kappa shape index (κ3) is 3.46. The molecule has 7 heteroatoms. The van der Waals surface area contributed by atoms with E-state index >= 15 is 0 Å². The summed E-state index contributed by atoms with van der Waals surface area (Å²) in [5, 5.41) is 13.9. The zero-order valence-corrected chi connectivity index (χ0v) is 16.6. The number of nitrogens with zero attached hydrogens (tertiary/aromatic N) is 3. The summed E-state index contributed by atoms with van der Waals surface area (Å²) in [6.45, 7) is 1.47. The molecule has 154 valence electrons. The van der Waals surface area contributed by atoms with Crippen LogP contribution in [0.15, 0.2) is 30.6 Å². The van der Waals surface area contributed by atoms with E-state index in [1.807, 2.05) is 24.1 Å². The van der Waals surface area contributed by atoms with E-state index in [0.717, 1.165) is 37.9 Å². The number of alkyl halides is 1. The van der Waals surface area contributed by atoms with Crippen LogP contribution >= 0.6 is 0 Å². The van der Waals surface area contributed by atoms with Crippen molar-refractivity contribution in [1.29, 1.82) is 0 Å². The van der Waals surface area contributed by atoms with Crippen molar-refractivity contribution in [3.8, 4) is 17.0 Å². The maximum Gasteiger partial charge on any atom is 0.147 e. The Morgan fingerprint density at radius 1 is 1.21 bits per heavy atom. The highest BCUT2D eigenvalue weighted by Crippen LogP contribution is 2.35. The van der Waals surface area contributed by atoms with Crippen LogP contribution in [0.1, 0.15) is 37.2 Å². The molecule has 1 unspecified atom stereocenters. The minimum Gasteiger partial charge on any atom is -0.507 e. The number of phenolic OH excluding ortho intramolecular Hbond substituents is 1. The Bertz CT molecular complexity index is 872. The molecule has 2 aromatic rings. The Labute approximate surface area is 170 Å². The summed E-state index contributed by atoms with van der Waals surface area (Å²) in [5.74, 6) is 1.19. The standard InChI is InChI=1S/C22H27FN4O2/c1-27(19-9-15-3-5-17(26-15)22(19)23)21-11-24-18(10-25-21)16-4-2-13(8-20(16)28)14-6-7-29-12-14/h2,4,8,10-11,14-15,17,19,22,26,28H,3,5-7,9,12H2,1H3/t14-,15-,17?,19-,22+/m0/s1. The van der Waals surface area contributed by atoms with Crippen molar-refractivity contribution in [1.82, 2.24) is 15.3 Å². The van der Waals surface area contributed by atoms with Crippen molar-refractivity contribution in [2.75, 3.05) is 25.2 Å². The smallest absolute Gasteiger partial charge is 0.147 e. The van der Waals surface area contributed by atoms with E-state index in [2.05, 4.69) is 15.3 Å². The number of nitrogens with one attached hydrogen (secondary N) is 1. The molecule has 0 spiro atoms. The van der Waals surface area contributed by atoms with Crippen LogP contribution in [0.2, 0.25) is 0 Å². The summed E-state index contributed by atoms with van der Waals surface area (Å²) in [4.78, 5) is 10.9. The van der Waals surface area contributed by atoms with Gasteiger partial charge in [0.1, 0.15) is 17.7 Å². The van der Waals surface area contributed by atoms with Gasteiger partial charge >= 0.3 is 0 Å². The largest absolute Gasteiger partial charge is 0.507 e. The summed E-state index contributed by atoms with van der Waals surface area (Å²) in [6.07, 6.45) is 6.13. The van der Waals surface area contributed by atoms with E-state index in [1.165, 1.54) is 0 Å². The van der Waals surface area contributed by atoms with Gasteiger partial charge in [-0.25, -0.2) is 9.37 Å². The maximum absolute atomic E-state index is 14.8. The molecule has 6 nitrogen and oxygen atoms in total. The van der Waals surface area contributed by atoms with E-state index in [-0.39, 0.29) is 17.8 Å². The second-order valence-corrected chi connectivity index (χ2v) is 8.50. The first-order valence-corrected chi connectivity index (χ1v) is 10.5. The fraction of sp³-hybridized carbons (Fsp3) is 0.545. The predicted octanol–water partition coefficient (Wildman–Crippen LogP) is 3.02. The molecule has 29 heavy (non-hydrogen) atoms. The molecule has 5 atom stereocenters. The molecule has 0 saturated carbocycles. The third-order valence-electron chi connectivity index (χ3n) is 6.75. The van der Waals surface area contributed by atoms with Gasteiger partial charge in [0.2, 0.25) is 0 Å². The highest BCUT2D eigenvalue weighted by Gasteiger charge is 2.43. The highest BCUT2D eigenvalue weighted by atomic mass is 19.1. The van der Waals surface area contributed by atoms with Crippen molar-refractivity contribution in [3.05, 3.63) is 36.2 Å². The fourth-order valence-corrected chi connectivity index (χ4v) is 4.98.